The summed E-state index contributed by atoms with van der Waals surface area (Å²) in [6.45, 7) is 2.53. The number of aliphatic hydroxyl groups is 1. The van der Waals surface area contributed by atoms with E-state index in [0.717, 1.165) is 22.9 Å². The van der Waals surface area contributed by atoms with Crippen LogP contribution in [0.5, 0.6) is 0 Å². The standard InChI is InChI=1S/C18H20BrNO/c1-12-6-7-13(8-16(12)19)17(21)18(11-20)9-14-4-2-3-5-15(14)10-18/h2-8,17,21H,9-11,20H2,1H3. The number of hydrogen-bond donors (Lipinski definition) is 2. The van der Waals surface area contributed by atoms with Crippen LogP contribution in [0.3, 0.4) is 0 Å². The minimum atomic E-state index is -0.549. The summed E-state index contributed by atoms with van der Waals surface area (Å²) in [5.74, 6) is 0. The molecular weight excluding hydrogens is 326 g/mol. The molecular formula is C18H20BrNO. The van der Waals surface area contributed by atoms with Gasteiger partial charge in [0, 0.05) is 16.4 Å². The number of aliphatic hydroxyl groups excluding tert-OH is 1. The van der Waals surface area contributed by atoms with E-state index < -0.39 is 6.10 Å². The zero-order valence-electron chi connectivity index (χ0n) is 12.1. The van der Waals surface area contributed by atoms with Gasteiger partial charge in [-0.1, -0.05) is 52.3 Å². The fourth-order valence-electron chi connectivity index (χ4n) is 3.31. The Morgan fingerprint density at radius 1 is 1.19 bits per heavy atom. The van der Waals surface area contributed by atoms with Crippen molar-refractivity contribution < 1.29 is 5.11 Å². The van der Waals surface area contributed by atoms with Gasteiger partial charge in [0.2, 0.25) is 0 Å². The topological polar surface area (TPSA) is 46.2 Å². The SMILES string of the molecule is Cc1ccc(C(O)C2(CN)Cc3ccccc3C2)cc1Br. The van der Waals surface area contributed by atoms with Crippen LogP contribution >= 0.6 is 15.9 Å². The Kier molecular flexibility index (Phi) is 3.91. The van der Waals surface area contributed by atoms with Crippen molar-refractivity contribution in [1.82, 2.24) is 0 Å². The van der Waals surface area contributed by atoms with Crippen LogP contribution in [0.15, 0.2) is 46.9 Å². The Balaban J connectivity index is 1.95. The van der Waals surface area contributed by atoms with Gasteiger partial charge in [0.25, 0.3) is 0 Å². The van der Waals surface area contributed by atoms with Crippen LogP contribution in [0.1, 0.15) is 28.4 Å². The molecule has 21 heavy (non-hydrogen) atoms. The minimum Gasteiger partial charge on any atom is -0.388 e. The molecule has 0 bridgehead atoms. The second-order valence-electron chi connectivity index (χ2n) is 6.10. The van der Waals surface area contributed by atoms with Crippen molar-refractivity contribution in [2.45, 2.75) is 25.9 Å². The van der Waals surface area contributed by atoms with E-state index in [0.29, 0.717) is 6.54 Å². The number of hydrogen-bond acceptors (Lipinski definition) is 2. The zero-order valence-corrected chi connectivity index (χ0v) is 13.7. The third kappa shape index (κ3) is 2.54. The Hall–Kier alpha value is -1.16. The summed E-state index contributed by atoms with van der Waals surface area (Å²) in [5.41, 5.74) is 10.5. The minimum absolute atomic E-state index is 0.293. The lowest BCUT2D eigenvalue weighted by molar-refractivity contribution is 0.0357. The fourth-order valence-corrected chi connectivity index (χ4v) is 3.70. The molecule has 0 fully saturated rings. The number of aryl methyl sites for hydroxylation is 1. The smallest absolute Gasteiger partial charge is 0.0865 e. The molecule has 1 aliphatic rings. The summed E-state index contributed by atoms with van der Waals surface area (Å²) in [4.78, 5) is 0. The average Bonchev–Trinajstić information content (AvgIpc) is 2.89. The van der Waals surface area contributed by atoms with E-state index >= 15 is 0 Å². The number of benzene rings is 2. The maximum atomic E-state index is 11.0. The normalized spacial score (nSPS) is 17.5. The lowest BCUT2D eigenvalue weighted by Gasteiger charge is -2.33. The van der Waals surface area contributed by atoms with Crippen LogP contribution in [-0.4, -0.2) is 11.7 Å². The number of rotatable bonds is 3. The van der Waals surface area contributed by atoms with Crippen LogP contribution in [0.2, 0.25) is 0 Å². The van der Waals surface area contributed by atoms with Gasteiger partial charge < -0.3 is 10.8 Å². The van der Waals surface area contributed by atoms with Crippen LogP contribution in [-0.2, 0) is 12.8 Å². The molecule has 0 saturated carbocycles. The highest BCUT2D eigenvalue weighted by atomic mass is 79.9. The second-order valence-corrected chi connectivity index (χ2v) is 6.95. The second kappa shape index (κ2) is 5.56. The average molecular weight is 346 g/mol. The molecule has 2 aromatic carbocycles. The van der Waals surface area contributed by atoms with Crippen molar-refractivity contribution >= 4 is 15.9 Å². The Labute approximate surface area is 134 Å². The van der Waals surface area contributed by atoms with E-state index in [1.165, 1.54) is 16.7 Å². The van der Waals surface area contributed by atoms with Crippen molar-refractivity contribution in [3.63, 3.8) is 0 Å². The first-order valence-electron chi connectivity index (χ1n) is 7.27. The van der Waals surface area contributed by atoms with E-state index in [1.807, 2.05) is 25.1 Å². The van der Waals surface area contributed by atoms with Gasteiger partial charge in [-0.05, 0) is 48.1 Å². The summed E-state index contributed by atoms with van der Waals surface area (Å²) < 4.78 is 1.03. The molecule has 0 spiro atoms. The Morgan fingerprint density at radius 3 is 2.33 bits per heavy atom. The monoisotopic (exact) mass is 345 g/mol. The first kappa shape index (κ1) is 14.8. The first-order valence-corrected chi connectivity index (χ1v) is 8.06. The van der Waals surface area contributed by atoms with E-state index in [1.54, 1.807) is 0 Å². The van der Waals surface area contributed by atoms with Gasteiger partial charge in [0.1, 0.15) is 0 Å². The van der Waals surface area contributed by atoms with Crippen molar-refractivity contribution in [1.29, 1.82) is 0 Å². The van der Waals surface area contributed by atoms with Crippen molar-refractivity contribution in [2.75, 3.05) is 6.54 Å². The summed E-state index contributed by atoms with van der Waals surface area (Å²) in [6.07, 6.45) is 1.13. The summed E-state index contributed by atoms with van der Waals surface area (Å²) in [5, 5.41) is 11.0. The molecule has 0 saturated heterocycles. The van der Waals surface area contributed by atoms with Crippen molar-refractivity contribution in [3.8, 4) is 0 Å². The molecule has 2 nitrogen and oxygen atoms in total. The van der Waals surface area contributed by atoms with Gasteiger partial charge in [-0.25, -0.2) is 0 Å². The molecule has 0 aromatic heterocycles. The first-order chi connectivity index (χ1) is 10.1. The van der Waals surface area contributed by atoms with Gasteiger partial charge >= 0.3 is 0 Å². The van der Waals surface area contributed by atoms with Crippen molar-refractivity contribution in [3.05, 3.63) is 69.2 Å². The molecule has 3 rings (SSSR count). The van der Waals surface area contributed by atoms with Gasteiger partial charge in [-0.15, -0.1) is 0 Å². The van der Waals surface area contributed by atoms with Crippen LogP contribution in [0, 0.1) is 12.3 Å². The summed E-state index contributed by atoms with van der Waals surface area (Å²) in [6, 6.07) is 14.5. The number of halogens is 1. The maximum absolute atomic E-state index is 11.0. The molecule has 1 atom stereocenters. The fraction of sp³-hybridized carbons (Fsp3) is 0.333. The van der Waals surface area contributed by atoms with E-state index in [4.69, 9.17) is 5.73 Å². The molecule has 3 N–H and O–H groups in total. The van der Waals surface area contributed by atoms with Crippen LogP contribution < -0.4 is 5.73 Å². The molecule has 110 valence electrons. The third-order valence-corrected chi connectivity index (χ3v) is 5.56. The van der Waals surface area contributed by atoms with Gasteiger partial charge in [-0.3, -0.25) is 0 Å². The van der Waals surface area contributed by atoms with E-state index in [-0.39, 0.29) is 5.41 Å². The van der Waals surface area contributed by atoms with Gasteiger partial charge in [-0.2, -0.15) is 0 Å². The molecule has 3 heteroatoms. The van der Waals surface area contributed by atoms with Crippen molar-refractivity contribution in [2.24, 2.45) is 11.1 Å². The Morgan fingerprint density at radius 2 is 1.81 bits per heavy atom. The lowest BCUT2D eigenvalue weighted by Crippen LogP contribution is -2.37. The molecule has 1 unspecified atom stereocenters. The van der Waals surface area contributed by atoms with Gasteiger partial charge in [0.15, 0.2) is 0 Å². The highest BCUT2D eigenvalue weighted by Crippen LogP contribution is 2.45. The number of fused-ring (bicyclic) bond motifs is 1. The highest BCUT2D eigenvalue weighted by molar-refractivity contribution is 9.10. The summed E-state index contributed by atoms with van der Waals surface area (Å²) >= 11 is 3.55. The lowest BCUT2D eigenvalue weighted by atomic mass is 9.76. The molecule has 0 heterocycles. The predicted molar refractivity (Wildman–Crippen MR) is 89.2 cm³/mol. The predicted octanol–water partition coefficient (Wildman–Crippen LogP) is 3.53. The van der Waals surface area contributed by atoms with E-state index in [2.05, 4.69) is 40.2 Å². The molecule has 0 radical (unpaired) electrons. The van der Waals surface area contributed by atoms with Gasteiger partial charge in [0.05, 0.1) is 6.10 Å². The molecule has 0 amide bonds. The third-order valence-electron chi connectivity index (χ3n) is 4.70. The molecule has 2 aromatic rings. The highest BCUT2D eigenvalue weighted by Gasteiger charge is 2.42. The van der Waals surface area contributed by atoms with Crippen LogP contribution in [0.4, 0.5) is 0 Å². The molecule has 0 aliphatic heterocycles. The zero-order chi connectivity index (χ0) is 15.0. The molecule has 1 aliphatic carbocycles. The quantitative estimate of drug-likeness (QED) is 0.893. The van der Waals surface area contributed by atoms with Crippen LogP contribution in [0.25, 0.3) is 0 Å². The maximum Gasteiger partial charge on any atom is 0.0865 e. The largest absolute Gasteiger partial charge is 0.388 e. The van der Waals surface area contributed by atoms with E-state index in [9.17, 15) is 5.11 Å². The Bertz CT molecular complexity index is 643. The summed E-state index contributed by atoms with van der Waals surface area (Å²) in [7, 11) is 0. The number of nitrogens with two attached hydrogens (primary N) is 1.